The first-order valence-electron chi connectivity index (χ1n) is 5.86. The molecule has 92 valence electrons. The topological polar surface area (TPSA) is 46.5 Å². The van der Waals surface area contributed by atoms with Gasteiger partial charge in [0.2, 0.25) is 0 Å². The molecule has 1 aromatic carbocycles. The van der Waals surface area contributed by atoms with Crippen molar-refractivity contribution in [1.29, 1.82) is 0 Å². The summed E-state index contributed by atoms with van der Waals surface area (Å²) < 4.78 is 6.68. The maximum Gasteiger partial charge on any atom is 0.335 e. The molecule has 0 aliphatic heterocycles. The van der Waals surface area contributed by atoms with Crippen LogP contribution in [0.2, 0.25) is 0 Å². The molecule has 0 heterocycles. The van der Waals surface area contributed by atoms with Gasteiger partial charge in [0.25, 0.3) is 0 Å². The first-order valence-corrected chi connectivity index (χ1v) is 6.65. The number of ether oxygens (including phenoxy) is 1. The van der Waals surface area contributed by atoms with Crippen molar-refractivity contribution in [3.63, 3.8) is 0 Å². The summed E-state index contributed by atoms with van der Waals surface area (Å²) in [6.45, 7) is 0. The number of rotatable bonds is 3. The molecule has 0 bridgehead atoms. The van der Waals surface area contributed by atoms with Crippen LogP contribution < -0.4 is 4.74 Å². The largest absolute Gasteiger partial charge is 0.489 e. The molecule has 0 amide bonds. The molecule has 1 saturated carbocycles. The Morgan fingerprint density at radius 3 is 2.65 bits per heavy atom. The van der Waals surface area contributed by atoms with Crippen LogP contribution in [0.1, 0.15) is 42.5 Å². The van der Waals surface area contributed by atoms with Gasteiger partial charge in [-0.3, -0.25) is 0 Å². The van der Waals surface area contributed by atoms with E-state index in [1.54, 1.807) is 18.2 Å². The lowest BCUT2D eigenvalue weighted by Gasteiger charge is -2.23. The summed E-state index contributed by atoms with van der Waals surface area (Å²) in [5, 5.41) is 8.94. The van der Waals surface area contributed by atoms with Crippen LogP contribution in [0.4, 0.5) is 0 Å². The highest BCUT2D eigenvalue weighted by atomic mass is 79.9. The van der Waals surface area contributed by atoms with E-state index in [9.17, 15) is 4.79 Å². The highest BCUT2D eigenvalue weighted by Gasteiger charge is 2.17. The van der Waals surface area contributed by atoms with E-state index in [0.717, 1.165) is 17.3 Å². The maximum atomic E-state index is 10.9. The van der Waals surface area contributed by atoms with Gasteiger partial charge >= 0.3 is 5.97 Å². The molecule has 4 heteroatoms. The number of halogens is 1. The molecule has 1 fully saturated rings. The van der Waals surface area contributed by atoms with E-state index in [1.165, 1.54) is 19.3 Å². The highest BCUT2D eigenvalue weighted by molar-refractivity contribution is 9.10. The van der Waals surface area contributed by atoms with Crippen LogP contribution in [0.3, 0.4) is 0 Å². The van der Waals surface area contributed by atoms with E-state index in [4.69, 9.17) is 9.84 Å². The molecule has 0 atom stereocenters. The third kappa shape index (κ3) is 3.22. The van der Waals surface area contributed by atoms with Gasteiger partial charge in [-0.2, -0.15) is 0 Å². The minimum atomic E-state index is -0.925. The molecule has 1 N–H and O–H groups in total. The van der Waals surface area contributed by atoms with Gasteiger partial charge < -0.3 is 9.84 Å². The van der Waals surface area contributed by atoms with Crippen LogP contribution in [0.25, 0.3) is 0 Å². The van der Waals surface area contributed by atoms with Crippen molar-refractivity contribution in [2.75, 3.05) is 0 Å². The lowest BCUT2D eigenvalue weighted by atomic mass is 9.98. The second-order valence-electron chi connectivity index (χ2n) is 4.33. The maximum absolute atomic E-state index is 10.9. The quantitative estimate of drug-likeness (QED) is 0.922. The predicted molar refractivity (Wildman–Crippen MR) is 68.6 cm³/mol. The van der Waals surface area contributed by atoms with Gasteiger partial charge in [0.05, 0.1) is 16.1 Å². The molecule has 0 radical (unpaired) electrons. The molecular weight excluding hydrogens is 284 g/mol. The van der Waals surface area contributed by atoms with Crippen molar-refractivity contribution in [1.82, 2.24) is 0 Å². The monoisotopic (exact) mass is 298 g/mol. The number of carboxylic acids is 1. The zero-order chi connectivity index (χ0) is 12.3. The van der Waals surface area contributed by atoms with Gasteiger partial charge in [0.15, 0.2) is 0 Å². The van der Waals surface area contributed by atoms with Crippen LogP contribution in [0.5, 0.6) is 5.75 Å². The van der Waals surface area contributed by atoms with Gasteiger partial charge in [-0.1, -0.05) is 6.42 Å². The fraction of sp³-hybridized carbons (Fsp3) is 0.462. The predicted octanol–water partition coefficient (Wildman–Crippen LogP) is 3.86. The molecular formula is C13H15BrO3. The minimum Gasteiger partial charge on any atom is -0.489 e. The number of hydrogen-bond donors (Lipinski definition) is 1. The summed E-state index contributed by atoms with van der Waals surface area (Å²) in [6, 6.07) is 4.88. The van der Waals surface area contributed by atoms with Crippen molar-refractivity contribution >= 4 is 21.9 Å². The average Bonchev–Trinajstić information content (AvgIpc) is 2.33. The molecule has 1 aliphatic rings. The lowest BCUT2D eigenvalue weighted by Crippen LogP contribution is -2.20. The molecule has 0 spiro atoms. The summed E-state index contributed by atoms with van der Waals surface area (Å²) in [5.41, 5.74) is 0.263. The molecule has 0 aromatic heterocycles. The van der Waals surface area contributed by atoms with E-state index in [-0.39, 0.29) is 11.7 Å². The van der Waals surface area contributed by atoms with Crippen LogP contribution in [-0.2, 0) is 0 Å². The Hall–Kier alpha value is -1.03. The molecule has 17 heavy (non-hydrogen) atoms. The van der Waals surface area contributed by atoms with Crippen molar-refractivity contribution in [3.8, 4) is 5.75 Å². The summed E-state index contributed by atoms with van der Waals surface area (Å²) in [5.74, 6) is -0.289. The van der Waals surface area contributed by atoms with Crippen LogP contribution in [-0.4, -0.2) is 17.2 Å². The summed E-state index contributed by atoms with van der Waals surface area (Å²) in [7, 11) is 0. The third-order valence-electron chi connectivity index (χ3n) is 3.02. The smallest absolute Gasteiger partial charge is 0.335 e. The second kappa shape index (κ2) is 5.54. The zero-order valence-electron chi connectivity index (χ0n) is 9.49. The van der Waals surface area contributed by atoms with Crippen LogP contribution >= 0.6 is 15.9 Å². The average molecular weight is 299 g/mol. The summed E-state index contributed by atoms with van der Waals surface area (Å²) >= 11 is 3.39. The number of carboxylic acid groups (broad SMARTS) is 1. The SMILES string of the molecule is O=C(O)c1ccc(Br)c(OC2CCCCC2)c1. The Labute approximate surface area is 109 Å². The van der Waals surface area contributed by atoms with Crippen LogP contribution in [0, 0.1) is 0 Å². The lowest BCUT2D eigenvalue weighted by molar-refractivity contribution is 0.0695. The number of aromatic carboxylic acids is 1. The zero-order valence-corrected chi connectivity index (χ0v) is 11.1. The van der Waals surface area contributed by atoms with Gasteiger partial charge in [-0.15, -0.1) is 0 Å². The minimum absolute atomic E-state index is 0.226. The summed E-state index contributed by atoms with van der Waals surface area (Å²) in [4.78, 5) is 10.9. The first-order chi connectivity index (χ1) is 8.16. The van der Waals surface area contributed by atoms with E-state index in [1.807, 2.05) is 0 Å². The van der Waals surface area contributed by atoms with Gasteiger partial charge in [-0.05, 0) is 59.8 Å². The van der Waals surface area contributed by atoms with Gasteiger partial charge in [-0.25, -0.2) is 4.79 Å². The van der Waals surface area contributed by atoms with E-state index in [2.05, 4.69) is 15.9 Å². The van der Waals surface area contributed by atoms with Gasteiger partial charge in [0.1, 0.15) is 5.75 Å². The molecule has 0 unspecified atom stereocenters. The summed E-state index contributed by atoms with van der Waals surface area (Å²) in [6.07, 6.45) is 6.01. The van der Waals surface area contributed by atoms with E-state index < -0.39 is 5.97 Å². The molecule has 2 rings (SSSR count). The Balaban J connectivity index is 2.13. The van der Waals surface area contributed by atoms with Crippen molar-refractivity contribution in [2.45, 2.75) is 38.2 Å². The fourth-order valence-electron chi connectivity index (χ4n) is 2.09. The van der Waals surface area contributed by atoms with Crippen molar-refractivity contribution in [2.24, 2.45) is 0 Å². The first kappa shape index (κ1) is 12.4. The second-order valence-corrected chi connectivity index (χ2v) is 5.18. The van der Waals surface area contributed by atoms with Crippen molar-refractivity contribution in [3.05, 3.63) is 28.2 Å². The van der Waals surface area contributed by atoms with Crippen molar-refractivity contribution < 1.29 is 14.6 Å². The standard InChI is InChI=1S/C13H15BrO3/c14-11-7-6-9(13(15)16)8-12(11)17-10-4-2-1-3-5-10/h6-8,10H,1-5H2,(H,15,16). The fourth-order valence-corrected chi connectivity index (χ4v) is 2.43. The molecule has 1 aliphatic carbocycles. The Bertz CT molecular complexity index is 411. The third-order valence-corrected chi connectivity index (χ3v) is 3.68. The van der Waals surface area contributed by atoms with Crippen LogP contribution in [0.15, 0.2) is 22.7 Å². The Kier molecular flexibility index (Phi) is 4.05. The molecule has 0 saturated heterocycles. The van der Waals surface area contributed by atoms with E-state index >= 15 is 0 Å². The Morgan fingerprint density at radius 2 is 2.00 bits per heavy atom. The number of hydrogen-bond acceptors (Lipinski definition) is 2. The number of benzene rings is 1. The normalized spacial score (nSPS) is 16.8. The molecule has 3 nitrogen and oxygen atoms in total. The molecule has 1 aromatic rings. The number of carbonyl (C=O) groups is 1. The Morgan fingerprint density at radius 1 is 1.29 bits per heavy atom. The van der Waals surface area contributed by atoms with E-state index in [0.29, 0.717) is 5.75 Å². The highest BCUT2D eigenvalue weighted by Crippen LogP contribution is 2.30. The van der Waals surface area contributed by atoms with Gasteiger partial charge in [0, 0.05) is 0 Å².